The Morgan fingerprint density at radius 3 is 2.69 bits per heavy atom. The van der Waals surface area contributed by atoms with Gasteiger partial charge in [0.25, 0.3) is 5.56 Å². The summed E-state index contributed by atoms with van der Waals surface area (Å²) in [5.41, 5.74) is 2.34. The molecule has 0 aliphatic carbocycles. The molecular weight excluding hydrogens is 490 g/mol. The average molecular weight is 536 g/mol. The first-order chi connectivity index (χ1) is 18.7. The van der Waals surface area contributed by atoms with Crippen LogP contribution in [0.2, 0.25) is 0 Å². The number of aromatic nitrogens is 2. The number of amides is 2. The van der Waals surface area contributed by atoms with Gasteiger partial charge >= 0.3 is 0 Å². The molecule has 0 radical (unpaired) electrons. The van der Waals surface area contributed by atoms with E-state index >= 15 is 0 Å². The molecule has 8 heteroatoms. The Hall–Kier alpha value is -2.74. The van der Waals surface area contributed by atoms with Crippen LogP contribution in [0.15, 0.2) is 29.1 Å². The molecule has 0 saturated carbocycles. The summed E-state index contributed by atoms with van der Waals surface area (Å²) in [6.07, 6.45) is 5.75. The highest BCUT2D eigenvalue weighted by atomic mass is 16.2. The topological polar surface area (TPSA) is 87.0 Å². The van der Waals surface area contributed by atoms with Gasteiger partial charge in [-0.15, -0.1) is 0 Å². The van der Waals surface area contributed by atoms with Crippen molar-refractivity contribution in [3.8, 4) is 0 Å². The van der Waals surface area contributed by atoms with Crippen LogP contribution < -0.4 is 10.9 Å². The summed E-state index contributed by atoms with van der Waals surface area (Å²) in [7, 11) is 0. The van der Waals surface area contributed by atoms with Gasteiger partial charge in [0.05, 0.1) is 5.69 Å². The standard InChI is InChI=1S/C31H45N5O3/c1-20(2)26-12-11-21(3)13-30(38)35-17-23-14-24(27(35)8-6-10-29(37)33-26)18-34(16-23)19-25-15-31(39)36-22(4)7-5-9-28(36)32-25/h5,7,9,15,20-21,23-24,26-27H,6,8,10-14,16-19H2,1-4H3,(H,33,37)/t21-,23+,24+,26+,27+/m1/s1. The zero-order chi connectivity index (χ0) is 27.7. The Balaban J connectivity index is 1.32. The van der Waals surface area contributed by atoms with Gasteiger partial charge in [-0.3, -0.25) is 23.7 Å². The summed E-state index contributed by atoms with van der Waals surface area (Å²) in [5.74, 6) is 1.91. The molecular formula is C31H45N5O3. The third-order valence-electron chi connectivity index (χ3n) is 9.23. The van der Waals surface area contributed by atoms with Crippen LogP contribution in [0, 0.1) is 30.6 Å². The third-order valence-corrected chi connectivity index (χ3v) is 9.23. The number of carbonyl (C=O) groups excluding carboxylic acids is 2. The zero-order valence-electron chi connectivity index (χ0n) is 24.1. The molecule has 3 aliphatic heterocycles. The van der Waals surface area contributed by atoms with Crippen molar-refractivity contribution >= 4 is 17.5 Å². The molecule has 5 atom stereocenters. The Bertz CT molecular complexity index is 1260. The number of hydrogen-bond donors (Lipinski definition) is 1. The number of fused-ring (bicyclic) bond motifs is 5. The first-order valence-corrected chi connectivity index (χ1v) is 15.0. The molecule has 2 aromatic heterocycles. The van der Waals surface area contributed by atoms with Gasteiger partial charge in [-0.1, -0.05) is 26.8 Å². The van der Waals surface area contributed by atoms with Crippen molar-refractivity contribution in [3.63, 3.8) is 0 Å². The first-order valence-electron chi connectivity index (χ1n) is 15.0. The number of nitrogens with zero attached hydrogens (tertiary/aromatic N) is 4. The fraction of sp³-hybridized carbons (Fsp3) is 0.677. The number of rotatable bonds is 3. The second-order valence-corrected chi connectivity index (χ2v) is 12.8. The molecule has 2 bridgehead atoms. The number of aryl methyl sites for hydroxylation is 1. The largest absolute Gasteiger partial charge is 0.353 e. The third kappa shape index (κ3) is 6.37. The number of nitrogens with one attached hydrogen (secondary N) is 1. The summed E-state index contributed by atoms with van der Waals surface area (Å²) >= 11 is 0. The van der Waals surface area contributed by atoms with Gasteiger partial charge in [0.1, 0.15) is 5.65 Å². The van der Waals surface area contributed by atoms with E-state index in [0.29, 0.717) is 48.7 Å². The van der Waals surface area contributed by atoms with Crippen molar-refractivity contribution in [2.45, 2.75) is 91.3 Å². The van der Waals surface area contributed by atoms with Gasteiger partial charge in [0.15, 0.2) is 0 Å². The second-order valence-electron chi connectivity index (χ2n) is 12.8. The minimum absolute atomic E-state index is 0.0376. The van der Waals surface area contributed by atoms with Gasteiger partial charge in [-0.2, -0.15) is 0 Å². The highest BCUT2D eigenvalue weighted by molar-refractivity contribution is 5.77. The van der Waals surface area contributed by atoms with Crippen molar-refractivity contribution in [2.24, 2.45) is 23.7 Å². The Kier molecular flexibility index (Phi) is 8.40. The molecule has 5 heterocycles. The van der Waals surface area contributed by atoms with E-state index in [0.717, 1.165) is 63.1 Å². The Labute approximate surface area is 232 Å². The highest BCUT2D eigenvalue weighted by Crippen LogP contribution is 2.37. The van der Waals surface area contributed by atoms with E-state index in [9.17, 15) is 14.4 Å². The number of likely N-dealkylation sites (tertiary alicyclic amines) is 1. The molecule has 39 heavy (non-hydrogen) atoms. The SMILES string of the molecule is Cc1cccc2nc(CN3C[C@@H]4C[C@@H](C3)[C@@H]3CCCC(=O)N[C@H](C(C)C)CC[C@@H](C)CC(=O)N3C4)cc(=O)n12. The van der Waals surface area contributed by atoms with E-state index in [2.05, 4.69) is 35.9 Å². The maximum atomic E-state index is 13.6. The minimum atomic E-state index is -0.0376. The summed E-state index contributed by atoms with van der Waals surface area (Å²) in [4.78, 5) is 48.6. The van der Waals surface area contributed by atoms with Crippen LogP contribution in [-0.2, 0) is 16.1 Å². The normalized spacial score (nSPS) is 29.4. The number of carbonyl (C=O) groups is 2. The fourth-order valence-electron chi connectivity index (χ4n) is 7.21. The molecule has 3 aliphatic rings. The van der Waals surface area contributed by atoms with Crippen LogP contribution in [0.3, 0.4) is 0 Å². The summed E-state index contributed by atoms with van der Waals surface area (Å²) < 4.78 is 1.66. The fourth-order valence-corrected chi connectivity index (χ4v) is 7.21. The van der Waals surface area contributed by atoms with E-state index in [1.54, 1.807) is 10.5 Å². The van der Waals surface area contributed by atoms with Gasteiger partial charge in [0, 0.05) is 62.9 Å². The Morgan fingerprint density at radius 2 is 1.90 bits per heavy atom. The lowest BCUT2D eigenvalue weighted by atomic mass is 9.77. The monoisotopic (exact) mass is 535 g/mol. The summed E-state index contributed by atoms with van der Waals surface area (Å²) in [5, 5.41) is 3.28. The molecule has 3 saturated heterocycles. The van der Waals surface area contributed by atoms with Crippen LogP contribution >= 0.6 is 0 Å². The first kappa shape index (κ1) is 27.8. The number of piperidine rings is 2. The van der Waals surface area contributed by atoms with Gasteiger partial charge in [-0.25, -0.2) is 4.98 Å². The highest BCUT2D eigenvalue weighted by Gasteiger charge is 2.42. The van der Waals surface area contributed by atoms with Crippen LogP contribution in [-0.4, -0.2) is 62.7 Å². The second kappa shape index (κ2) is 11.8. The predicted octanol–water partition coefficient (Wildman–Crippen LogP) is 3.78. The van der Waals surface area contributed by atoms with Crippen molar-refractivity contribution in [3.05, 3.63) is 46.0 Å². The molecule has 0 unspecified atom stereocenters. The maximum absolute atomic E-state index is 13.6. The van der Waals surface area contributed by atoms with Crippen LogP contribution in [0.25, 0.3) is 5.65 Å². The van der Waals surface area contributed by atoms with Gasteiger partial charge in [-0.05, 0) is 74.8 Å². The van der Waals surface area contributed by atoms with Crippen LogP contribution in [0.5, 0.6) is 0 Å². The molecule has 5 rings (SSSR count). The lowest BCUT2D eigenvalue weighted by molar-refractivity contribution is -0.142. The number of pyridine rings is 1. The smallest absolute Gasteiger partial charge is 0.258 e. The molecule has 2 aromatic rings. The van der Waals surface area contributed by atoms with Crippen LogP contribution in [0.4, 0.5) is 0 Å². The molecule has 2 amide bonds. The van der Waals surface area contributed by atoms with Crippen molar-refractivity contribution in [1.82, 2.24) is 24.5 Å². The minimum Gasteiger partial charge on any atom is -0.353 e. The zero-order valence-corrected chi connectivity index (χ0v) is 24.1. The van der Waals surface area contributed by atoms with E-state index in [1.807, 2.05) is 25.1 Å². The molecule has 8 nitrogen and oxygen atoms in total. The molecule has 0 aromatic carbocycles. The van der Waals surface area contributed by atoms with Crippen molar-refractivity contribution in [2.75, 3.05) is 19.6 Å². The lowest BCUT2D eigenvalue weighted by Gasteiger charge is -2.51. The molecule has 212 valence electrons. The average Bonchev–Trinajstić information content (AvgIpc) is 2.87. The molecule has 1 N–H and O–H groups in total. The van der Waals surface area contributed by atoms with E-state index in [-0.39, 0.29) is 29.5 Å². The lowest BCUT2D eigenvalue weighted by Crippen LogP contribution is -2.59. The van der Waals surface area contributed by atoms with E-state index in [1.165, 1.54) is 0 Å². The summed E-state index contributed by atoms with van der Waals surface area (Å²) in [6, 6.07) is 7.76. The number of hydrogen-bond acceptors (Lipinski definition) is 5. The maximum Gasteiger partial charge on any atom is 0.258 e. The van der Waals surface area contributed by atoms with Gasteiger partial charge in [0.2, 0.25) is 11.8 Å². The Morgan fingerprint density at radius 1 is 1.08 bits per heavy atom. The molecule has 0 spiro atoms. The van der Waals surface area contributed by atoms with Gasteiger partial charge < -0.3 is 10.2 Å². The van der Waals surface area contributed by atoms with E-state index < -0.39 is 0 Å². The quantitative estimate of drug-likeness (QED) is 0.646. The van der Waals surface area contributed by atoms with E-state index in [4.69, 9.17) is 4.98 Å². The summed E-state index contributed by atoms with van der Waals surface area (Å²) in [6.45, 7) is 11.7. The van der Waals surface area contributed by atoms with Crippen molar-refractivity contribution < 1.29 is 9.59 Å². The molecule has 3 fully saturated rings. The van der Waals surface area contributed by atoms with Crippen molar-refractivity contribution in [1.29, 1.82) is 0 Å². The van der Waals surface area contributed by atoms with Crippen LogP contribution in [0.1, 0.15) is 77.1 Å². The predicted molar refractivity (Wildman–Crippen MR) is 152 cm³/mol.